The van der Waals surface area contributed by atoms with Crippen LogP contribution in [0.5, 0.6) is 17.2 Å². The number of hydrogen-bond donors (Lipinski definition) is 2. The van der Waals surface area contributed by atoms with Crippen LogP contribution in [0.4, 0.5) is 0 Å². The molecule has 0 saturated heterocycles. The van der Waals surface area contributed by atoms with Gasteiger partial charge in [0.25, 0.3) is 5.56 Å². The van der Waals surface area contributed by atoms with Gasteiger partial charge < -0.3 is 28.9 Å². The zero-order valence-electron chi connectivity index (χ0n) is 25.0. The fourth-order valence-electron chi connectivity index (χ4n) is 6.14. The van der Waals surface area contributed by atoms with Gasteiger partial charge in [0.1, 0.15) is 17.2 Å². The second-order valence-electron chi connectivity index (χ2n) is 11.2. The van der Waals surface area contributed by atoms with E-state index in [1.807, 2.05) is 60.8 Å². The highest BCUT2D eigenvalue weighted by molar-refractivity contribution is 5.83. The SMILES string of the molecule is COC(=O)C[C@@H](c1ccccc1OCCc1ccc2c(c1)CCO2)c1c(O)cc(C)n(CCc2c[nH]c3ccccc23)c1=O. The first-order valence-corrected chi connectivity index (χ1v) is 14.9. The van der Waals surface area contributed by atoms with Crippen LogP contribution in [0, 0.1) is 6.92 Å². The summed E-state index contributed by atoms with van der Waals surface area (Å²) < 4.78 is 18.6. The number of benzene rings is 3. The van der Waals surface area contributed by atoms with Crippen LogP contribution < -0.4 is 15.0 Å². The normalized spacial score (nSPS) is 13.0. The van der Waals surface area contributed by atoms with Crippen LogP contribution >= 0.6 is 0 Å². The number of esters is 1. The molecule has 0 unspecified atom stereocenters. The summed E-state index contributed by atoms with van der Waals surface area (Å²) in [5, 5.41) is 12.3. The van der Waals surface area contributed by atoms with Crippen molar-refractivity contribution >= 4 is 16.9 Å². The summed E-state index contributed by atoms with van der Waals surface area (Å²) >= 11 is 0. The minimum atomic E-state index is -0.775. The van der Waals surface area contributed by atoms with Gasteiger partial charge in [-0.25, -0.2) is 0 Å². The van der Waals surface area contributed by atoms with Gasteiger partial charge in [-0.05, 0) is 54.3 Å². The van der Waals surface area contributed by atoms with Gasteiger partial charge >= 0.3 is 5.97 Å². The fraction of sp³-hybridized carbons (Fsp3) is 0.278. The number of nitrogens with zero attached hydrogens (tertiary/aromatic N) is 1. The van der Waals surface area contributed by atoms with Crippen LogP contribution in [-0.4, -0.2) is 41.0 Å². The molecular weight excluding hydrogens is 556 g/mol. The Kier molecular flexibility index (Phi) is 8.41. The number of para-hydroxylation sites is 2. The van der Waals surface area contributed by atoms with E-state index >= 15 is 0 Å². The van der Waals surface area contributed by atoms with E-state index in [2.05, 4.69) is 17.1 Å². The van der Waals surface area contributed by atoms with Crippen molar-refractivity contribution in [3.8, 4) is 17.2 Å². The fourth-order valence-corrected chi connectivity index (χ4v) is 6.14. The van der Waals surface area contributed by atoms with Gasteiger partial charge in [-0.1, -0.05) is 48.5 Å². The molecule has 1 aliphatic rings. The van der Waals surface area contributed by atoms with E-state index in [1.54, 1.807) is 17.6 Å². The monoisotopic (exact) mass is 592 g/mol. The first-order valence-electron chi connectivity index (χ1n) is 14.9. The molecule has 5 aromatic rings. The molecule has 8 nitrogen and oxygen atoms in total. The standard InChI is InChI=1S/C36H36N2O6/c1-23-19-31(39)35(36(41)38(23)16-13-26-22-37-30-9-5-3-7-27(26)30)29(21-34(40)42-2)28-8-4-6-10-33(28)44-17-14-24-11-12-32-25(20-24)15-18-43-32/h3-12,19-20,22,29,37,39H,13-18,21H2,1-2H3/t29-/m0/s1. The maximum Gasteiger partial charge on any atom is 0.306 e. The second kappa shape index (κ2) is 12.7. The van der Waals surface area contributed by atoms with Gasteiger partial charge in [0.2, 0.25) is 0 Å². The number of aryl methyl sites for hydroxylation is 2. The molecule has 1 atom stereocenters. The van der Waals surface area contributed by atoms with Crippen molar-refractivity contribution in [1.29, 1.82) is 0 Å². The molecule has 0 radical (unpaired) electrons. The van der Waals surface area contributed by atoms with Crippen molar-refractivity contribution < 1.29 is 24.1 Å². The highest BCUT2D eigenvalue weighted by atomic mass is 16.5. The molecular formula is C36H36N2O6. The van der Waals surface area contributed by atoms with Gasteiger partial charge in [0, 0.05) is 53.7 Å². The Bertz CT molecular complexity index is 1870. The average molecular weight is 593 g/mol. The molecule has 0 bridgehead atoms. The van der Waals surface area contributed by atoms with Crippen molar-refractivity contribution in [2.45, 2.75) is 45.1 Å². The molecule has 6 rings (SSSR count). The predicted octanol–water partition coefficient (Wildman–Crippen LogP) is 5.84. The van der Waals surface area contributed by atoms with Crippen molar-refractivity contribution in [2.75, 3.05) is 20.3 Å². The van der Waals surface area contributed by atoms with Crippen LogP contribution in [0.3, 0.4) is 0 Å². The van der Waals surface area contributed by atoms with Crippen molar-refractivity contribution in [1.82, 2.24) is 9.55 Å². The molecule has 0 amide bonds. The molecule has 0 spiro atoms. The third kappa shape index (κ3) is 5.93. The molecule has 2 aromatic heterocycles. The van der Waals surface area contributed by atoms with Gasteiger partial charge in [-0.3, -0.25) is 9.59 Å². The zero-order chi connectivity index (χ0) is 30.6. The average Bonchev–Trinajstić information content (AvgIpc) is 3.67. The summed E-state index contributed by atoms with van der Waals surface area (Å²) in [5.41, 5.74) is 5.57. The number of ether oxygens (including phenoxy) is 3. The van der Waals surface area contributed by atoms with E-state index in [1.165, 1.54) is 12.7 Å². The van der Waals surface area contributed by atoms with Crippen LogP contribution in [0.25, 0.3) is 10.9 Å². The van der Waals surface area contributed by atoms with E-state index in [9.17, 15) is 14.7 Å². The summed E-state index contributed by atoms with van der Waals surface area (Å²) in [4.78, 5) is 30.1. The number of hydrogen-bond acceptors (Lipinski definition) is 6. The van der Waals surface area contributed by atoms with E-state index < -0.39 is 11.9 Å². The number of pyridine rings is 1. The Balaban J connectivity index is 1.29. The molecule has 0 saturated carbocycles. The molecule has 3 aromatic carbocycles. The summed E-state index contributed by atoms with van der Waals surface area (Å²) in [6.45, 7) is 3.32. The first kappa shape index (κ1) is 29.1. The highest BCUT2D eigenvalue weighted by Crippen LogP contribution is 2.37. The van der Waals surface area contributed by atoms with Crippen LogP contribution in [0.2, 0.25) is 0 Å². The largest absolute Gasteiger partial charge is 0.507 e. The minimum Gasteiger partial charge on any atom is -0.507 e. The van der Waals surface area contributed by atoms with E-state index in [-0.39, 0.29) is 23.3 Å². The Morgan fingerprint density at radius 1 is 1.07 bits per heavy atom. The maximum atomic E-state index is 14.1. The summed E-state index contributed by atoms with van der Waals surface area (Å²) in [6.07, 6.45) is 4.04. The molecule has 3 heterocycles. The van der Waals surface area contributed by atoms with Crippen LogP contribution in [0.1, 0.15) is 45.8 Å². The number of carbonyl (C=O) groups excluding carboxylic acids is 1. The number of aromatic hydroxyl groups is 1. The van der Waals surface area contributed by atoms with E-state index in [0.717, 1.165) is 34.2 Å². The Morgan fingerprint density at radius 2 is 1.89 bits per heavy atom. The van der Waals surface area contributed by atoms with Crippen molar-refractivity contribution in [2.24, 2.45) is 0 Å². The minimum absolute atomic E-state index is 0.129. The lowest BCUT2D eigenvalue weighted by molar-refractivity contribution is -0.140. The third-order valence-corrected chi connectivity index (χ3v) is 8.45. The highest BCUT2D eigenvalue weighted by Gasteiger charge is 2.29. The molecule has 2 N–H and O–H groups in total. The summed E-state index contributed by atoms with van der Waals surface area (Å²) in [6, 6.07) is 23.2. The number of methoxy groups -OCH3 is 1. The van der Waals surface area contributed by atoms with Crippen LogP contribution in [0.15, 0.2) is 83.8 Å². The lowest BCUT2D eigenvalue weighted by atomic mass is 9.87. The van der Waals surface area contributed by atoms with Gasteiger partial charge in [0.15, 0.2) is 0 Å². The molecule has 1 aliphatic heterocycles. The first-order chi connectivity index (χ1) is 21.4. The van der Waals surface area contributed by atoms with Gasteiger partial charge in [-0.15, -0.1) is 0 Å². The third-order valence-electron chi connectivity index (χ3n) is 8.45. The van der Waals surface area contributed by atoms with Gasteiger partial charge in [-0.2, -0.15) is 0 Å². The number of carbonyl (C=O) groups is 1. The van der Waals surface area contributed by atoms with E-state index in [4.69, 9.17) is 14.2 Å². The predicted molar refractivity (Wildman–Crippen MR) is 169 cm³/mol. The number of aromatic nitrogens is 2. The Labute approximate surface area is 255 Å². The number of H-pyrrole nitrogens is 1. The summed E-state index contributed by atoms with van der Waals surface area (Å²) in [5.74, 6) is 0.0734. The lowest BCUT2D eigenvalue weighted by Crippen LogP contribution is -2.29. The quantitative estimate of drug-likeness (QED) is 0.187. The summed E-state index contributed by atoms with van der Waals surface area (Å²) in [7, 11) is 1.32. The maximum absolute atomic E-state index is 14.1. The van der Waals surface area contributed by atoms with E-state index in [0.29, 0.717) is 49.6 Å². The lowest BCUT2D eigenvalue weighted by Gasteiger charge is -2.22. The number of aromatic amines is 1. The van der Waals surface area contributed by atoms with Crippen molar-refractivity contribution in [3.05, 3.63) is 123 Å². The molecule has 0 aliphatic carbocycles. The molecule has 44 heavy (non-hydrogen) atoms. The Morgan fingerprint density at radius 3 is 2.75 bits per heavy atom. The molecule has 226 valence electrons. The Hall–Kier alpha value is -4.98. The number of nitrogens with one attached hydrogen (secondary N) is 1. The smallest absolute Gasteiger partial charge is 0.306 e. The number of fused-ring (bicyclic) bond motifs is 2. The van der Waals surface area contributed by atoms with Crippen molar-refractivity contribution in [3.63, 3.8) is 0 Å². The zero-order valence-corrected chi connectivity index (χ0v) is 25.0. The van der Waals surface area contributed by atoms with Crippen LogP contribution in [-0.2, 0) is 35.3 Å². The topological polar surface area (TPSA) is 103 Å². The van der Waals surface area contributed by atoms with Gasteiger partial charge in [0.05, 0.1) is 32.3 Å². The molecule has 0 fully saturated rings. The number of rotatable bonds is 11. The second-order valence-corrected chi connectivity index (χ2v) is 11.2. The molecule has 8 heteroatoms.